The number of rotatable bonds is 16. The van der Waals surface area contributed by atoms with Crippen LogP contribution in [0, 0.1) is 0 Å². The third-order valence-corrected chi connectivity index (χ3v) is 4.50. The van der Waals surface area contributed by atoms with Crippen LogP contribution in [0.1, 0.15) is 58.8 Å². The van der Waals surface area contributed by atoms with Crippen LogP contribution in [0.5, 0.6) is 11.5 Å². The van der Waals surface area contributed by atoms with Gasteiger partial charge in [0.15, 0.2) is 11.6 Å². The van der Waals surface area contributed by atoms with Gasteiger partial charge < -0.3 is 19.3 Å². The molecule has 0 aliphatic carbocycles. The Morgan fingerprint density at radius 3 is 2.27 bits per heavy atom. The van der Waals surface area contributed by atoms with Crippen molar-refractivity contribution in [2.75, 3.05) is 26.4 Å². The van der Waals surface area contributed by atoms with Crippen LogP contribution in [0.15, 0.2) is 30.7 Å². The minimum atomic E-state index is -0.566. The molecule has 0 spiro atoms. The monoisotopic (exact) mass is 417 g/mol. The highest BCUT2D eigenvalue weighted by atomic mass is 16.5. The molecule has 7 nitrogen and oxygen atoms in total. The van der Waals surface area contributed by atoms with E-state index in [4.69, 9.17) is 14.2 Å². The van der Waals surface area contributed by atoms with Gasteiger partial charge in [-0.15, -0.1) is 0 Å². The maximum atomic E-state index is 9.93. The molecule has 0 fully saturated rings. The lowest BCUT2D eigenvalue weighted by molar-refractivity contribution is 0.0553. The van der Waals surface area contributed by atoms with E-state index in [0.29, 0.717) is 49.3 Å². The largest absolute Gasteiger partial charge is 0.490 e. The van der Waals surface area contributed by atoms with E-state index in [9.17, 15) is 5.11 Å². The van der Waals surface area contributed by atoms with Crippen LogP contribution in [0.4, 0.5) is 0 Å². The van der Waals surface area contributed by atoms with Crippen molar-refractivity contribution in [2.24, 2.45) is 0 Å². The molecule has 2 heterocycles. The van der Waals surface area contributed by atoms with Gasteiger partial charge in [-0.25, -0.2) is 15.0 Å². The number of nitrogens with zero attached hydrogens (tertiary/aromatic N) is 3. The predicted octanol–water partition coefficient (Wildman–Crippen LogP) is 4.44. The second-order valence-corrected chi connectivity index (χ2v) is 7.25. The van der Waals surface area contributed by atoms with Crippen molar-refractivity contribution in [3.8, 4) is 23.0 Å². The van der Waals surface area contributed by atoms with Crippen molar-refractivity contribution >= 4 is 0 Å². The van der Waals surface area contributed by atoms with E-state index in [1.807, 2.05) is 0 Å². The van der Waals surface area contributed by atoms with Gasteiger partial charge in [-0.3, -0.25) is 0 Å². The third-order valence-electron chi connectivity index (χ3n) is 4.50. The van der Waals surface area contributed by atoms with Crippen LogP contribution in [0.3, 0.4) is 0 Å². The number of aliphatic hydroxyl groups is 1. The molecule has 0 aliphatic heterocycles. The molecule has 0 saturated heterocycles. The fraction of sp³-hybridized carbons (Fsp3) is 0.609. The minimum absolute atomic E-state index is 0.206. The maximum Gasteiger partial charge on any atom is 0.178 e. The first-order chi connectivity index (χ1) is 14.7. The van der Waals surface area contributed by atoms with Gasteiger partial charge in [-0.1, -0.05) is 39.5 Å². The molecule has 0 aliphatic rings. The average Bonchev–Trinajstić information content (AvgIpc) is 2.78. The van der Waals surface area contributed by atoms with Crippen molar-refractivity contribution in [1.82, 2.24) is 15.0 Å². The summed E-state index contributed by atoms with van der Waals surface area (Å²) in [6.45, 7) is 6.41. The Kier molecular flexibility index (Phi) is 11.8. The molecule has 0 aromatic carbocycles. The van der Waals surface area contributed by atoms with Gasteiger partial charge in [0.05, 0.1) is 31.3 Å². The summed E-state index contributed by atoms with van der Waals surface area (Å²) in [6.07, 6.45) is 11.9. The molecule has 0 amide bonds. The Morgan fingerprint density at radius 2 is 1.57 bits per heavy atom. The Morgan fingerprint density at radius 1 is 0.800 bits per heavy atom. The fourth-order valence-electron chi connectivity index (χ4n) is 2.76. The van der Waals surface area contributed by atoms with E-state index >= 15 is 0 Å². The maximum absolute atomic E-state index is 9.93. The first kappa shape index (κ1) is 24.0. The average molecular weight is 418 g/mol. The zero-order valence-electron chi connectivity index (χ0n) is 18.3. The molecule has 2 rings (SSSR count). The summed E-state index contributed by atoms with van der Waals surface area (Å²) >= 11 is 0. The molecule has 7 heteroatoms. The lowest BCUT2D eigenvalue weighted by Gasteiger charge is -2.12. The van der Waals surface area contributed by atoms with E-state index in [0.717, 1.165) is 12.8 Å². The van der Waals surface area contributed by atoms with Gasteiger partial charge in [0, 0.05) is 13.2 Å². The number of aromatic nitrogens is 3. The Labute approximate surface area is 179 Å². The van der Waals surface area contributed by atoms with E-state index in [1.54, 1.807) is 30.7 Å². The molecule has 2 aromatic heterocycles. The van der Waals surface area contributed by atoms with Crippen LogP contribution in [0.2, 0.25) is 0 Å². The van der Waals surface area contributed by atoms with Gasteiger partial charge >= 0.3 is 0 Å². The summed E-state index contributed by atoms with van der Waals surface area (Å²) in [7, 11) is 0. The molecule has 0 saturated carbocycles. The molecule has 1 atom stereocenters. The number of hydrogen-bond acceptors (Lipinski definition) is 7. The molecule has 1 N–H and O–H groups in total. The molecular formula is C23H35N3O4. The van der Waals surface area contributed by atoms with Crippen molar-refractivity contribution in [1.29, 1.82) is 0 Å². The molecule has 166 valence electrons. The normalized spacial score (nSPS) is 12.0. The summed E-state index contributed by atoms with van der Waals surface area (Å²) in [4.78, 5) is 13.0. The first-order valence-electron chi connectivity index (χ1n) is 11.0. The van der Waals surface area contributed by atoms with Crippen LogP contribution in [-0.4, -0.2) is 52.6 Å². The van der Waals surface area contributed by atoms with E-state index in [2.05, 4.69) is 28.8 Å². The highest BCUT2D eigenvalue weighted by molar-refractivity contribution is 5.49. The molecule has 2 aromatic rings. The zero-order chi connectivity index (χ0) is 21.4. The van der Waals surface area contributed by atoms with Crippen molar-refractivity contribution in [2.45, 2.75) is 64.9 Å². The molecule has 30 heavy (non-hydrogen) atoms. The zero-order valence-corrected chi connectivity index (χ0v) is 18.3. The Hall–Kier alpha value is -2.25. The van der Waals surface area contributed by atoms with Crippen LogP contribution in [-0.2, 0) is 4.74 Å². The second kappa shape index (κ2) is 14.7. The first-order valence-corrected chi connectivity index (χ1v) is 11.0. The predicted molar refractivity (Wildman–Crippen MR) is 117 cm³/mol. The molecule has 0 bridgehead atoms. The number of ether oxygens (including phenoxy) is 3. The topological polar surface area (TPSA) is 86.6 Å². The lowest BCUT2D eigenvalue weighted by Crippen LogP contribution is -2.19. The summed E-state index contributed by atoms with van der Waals surface area (Å²) in [5.41, 5.74) is 0.655. The van der Waals surface area contributed by atoms with Crippen molar-refractivity contribution < 1.29 is 19.3 Å². The molecule has 0 radical (unpaired) electrons. The summed E-state index contributed by atoms with van der Waals surface area (Å²) in [6, 6.07) is 3.60. The summed E-state index contributed by atoms with van der Waals surface area (Å²) in [5.74, 6) is 1.80. The fourth-order valence-corrected chi connectivity index (χ4v) is 2.76. The van der Waals surface area contributed by atoms with Crippen molar-refractivity contribution in [3.05, 3.63) is 30.7 Å². The number of pyridine rings is 1. The summed E-state index contributed by atoms with van der Waals surface area (Å²) < 4.78 is 16.6. The highest BCUT2D eigenvalue weighted by Gasteiger charge is 2.08. The quantitative estimate of drug-likeness (QED) is 0.404. The molecular weight excluding hydrogens is 382 g/mol. The third kappa shape index (κ3) is 9.50. The number of unbranched alkanes of at least 4 members (excludes halogenated alkanes) is 4. The smallest absolute Gasteiger partial charge is 0.178 e. The van der Waals surface area contributed by atoms with Crippen LogP contribution < -0.4 is 9.47 Å². The van der Waals surface area contributed by atoms with E-state index < -0.39 is 6.10 Å². The Bertz CT molecular complexity index is 680. The van der Waals surface area contributed by atoms with Gasteiger partial charge in [0.2, 0.25) is 0 Å². The lowest BCUT2D eigenvalue weighted by atomic mass is 10.2. The van der Waals surface area contributed by atoms with Gasteiger partial charge in [0.1, 0.15) is 18.1 Å². The summed E-state index contributed by atoms with van der Waals surface area (Å²) in [5, 5.41) is 9.93. The van der Waals surface area contributed by atoms with E-state index in [1.165, 1.54) is 25.7 Å². The van der Waals surface area contributed by atoms with Gasteiger partial charge in [0.25, 0.3) is 0 Å². The van der Waals surface area contributed by atoms with Crippen LogP contribution >= 0.6 is 0 Å². The SMILES string of the molecule is CCCCCCCOc1cnc(-c2ccc(OCC(O)CCOCCC)cn2)nc1. The van der Waals surface area contributed by atoms with Crippen LogP contribution in [0.25, 0.3) is 11.5 Å². The standard InChI is InChI=1S/C23H35N3O4/c1-3-5-6-7-8-13-29-21-16-25-23(26-17-21)22-10-9-20(15-24-22)30-18-19(27)11-14-28-12-4-2/h9-10,15-17,19,27H,3-8,11-14,18H2,1-2H3. The molecule has 1 unspecified atom stereocenters. The number of aliphatic hydroxyl groups excluding tert-OH is 1. The number of hydrogen-bond donors (Lipinski definition) is 1. The highest BCUT2D eigenvalue weighted by Crippen LogP contribution is 2.18. The van der Waals surface area contributed by atoms with Gasteiger partial charge in [-0.05, 0) is 31.4 Å². The van der Waals surface area contributed by atoms with Crippen molar-refractivity contribution in [3.63, 3.8) is 0 Å². The Balaban J connectivity index is 1.72. The second-order valence-electron chi connectivity index (χ2n) is 7.25. The van der Waals surface area contributed by atoms with E-state index in [-0.39, 0.29) is 6.61 Å². The van der Waals surface area contributed by atoms with Gasteiger partial charge in [-0.2, -0.15) is 0 Å². The minimum Gasteiger partial charge on any atom is -0.490 e.